The molecule has 0 radical (unpaired) electrons. The molecule has 1 heterocycles. The van der Waals surface area contributed by atoms with Gasteiger partial charge in [0.15, 0.2) is 0 Å². The number of likely N-dealkylation sites (N-methyl/N-ethyl adjacent to an activating group) is 1. The Bertz CT molecular complexity index is 592. The van der Waals surface area contributed by atoms with Crippen LogP contribution in [0.25, 0.3) is 0 Å². The molecule has 4 nitrogen and oxygen atoms in total. The van der Waals surface area contributed by atoms with Gasteiger partial charge in [-0.1, -0.05) is 11.6 Å². The molecule has 0 aromatic heterocycles. The zero-order valence-electron chi connectivity index (χ0n) is 13.2. The van der Waals surface area contributed by atoms with Gasteiger partial charge in [-0.2, -0.15) is 0 Å². The number of halogens is 2. The van der Waals surface area contributed by atoms with Crippen molar-refractivity contribution in [2.24, 2.45) is 0 Å². The van der Waals surface area contributed by atoms with E-state index in [4.69, 9.17) is 11.6 Å². The van der Waals surface area contributed by atoms with E-state index in [1.807, 2.05) is 0 Å². The van der Waals surface area contributed by atoms with Gasteiger partial charge in [-0.25, -0.2) is 4.39 Å². The third-order valence-corrected chi connectivity index (χ3v) is 5.43. The van der Waals surface area contributed by atoms with Gasteiger partial charge >= 0.3 is 0 Å². The standard InChI is InChI=1S/C17H22ClFN2O2/c1-20(17(23)11-4-5-13(19)12(18)10-11)14-6-7-15(16(14)22)21-8-2-3-9-21/h4-5,10,14-16,22H,2-3,6-9H2,1H3/t14-,15-,16-/m1/s1. The second kappa shape index (κ2) is 6.75. The first-order valence-electron chi connectivity index (χ1n) is 8.13. The molecule has 1 aromatic rings. The molecule has 0 unspecified atom stereocenters. The van der Waals surface area contributed by atoms with Gasteiger partial charge in [-0.05, 0) is 57.0 Å². The highest BCUT2D eigenvalue weighted by atomic mass is 35.5. The molecule has 1 aromatic carbocycles. The second-order valence-corrected chi connectivity index (χ2v) is 6.90. The number of carbonyl (C=O) groups excluding carboxylic acids is 1. The van der Waals surface area contributed by atoms with Crippen molar-refractivity contribution in [3.8, 4) is 0 Å². The van der Waals surface area contributed by atoms with E-state index < -0.39 is 11.9 Å². The predicted molar refractivity (Wildman–Crippen MR) is 87.1 cm³/mol. The molecule has 2 aliphatic rings. The Balaban J connectivity index is 1.70. The fourth-order valence-electron chi connectivity index (χ4n) is 3.82. The number of hydrogen-bond donors (Lipinski definition) is 1. The lowest BCUT2D eigenvalue weighted by atomic mass is 10.1. The maximum Gasteiger partial charge on any atom is 0.253 e. The molecule has 23 heavy (non-hydrogen) atoms. The van der Waals surface area contributed by atoms with E-state index in [9.17, 15) is 14.3 Å². The van der Waals surface area contributed by atoms with E-state index in [0.29, 0.717) is 5.56 Å². The fraction of sp³-hybridized carbons (Fsp3) is 0.588. The summed E-state index contributed by atoms with van der Waals surface area (Å²) in [6, 6.07) is 3.89. The number of amides is 1. The van der Waals surface area contributed by atoms with E-state index in [-0.39, 0.29) is 23.0 Å². The molecule has 2 fully saturated rings. The Morgan fingerprint density at radius 2 is 2.04 bits per heavy atom. The van der Waals surface area contributed by atoms with Crippen molar-refractivity contribution in [2.45, 2.75) is 43.9 Å². The molecule has 126 valence electrons. The summed E-state index contributed by atoms with van der Waals surface area (Å²) in [5.41, 5.74) is 0.343. The van der Waals surface area contributed by atoms with Crippen LogP contribution in [0, 0.1) is 5.82 Å². The first-order valence-corrected chi connectivity index (χ1v) is 8.51. The van der Waals surface area contributed by atoms with Gasteiger partial charge in [0, 0.05) is 18.7 Å². The summed E-state index contributed by atoms with van der Waals surface area (Å²) in [5, 5.41) is 10.6. The Kier molecular flexibility index (Phi) is 4.90. The molecule has 1 aliphatic heterocycles. The first kappa shape index (κ1) is 16.7. The molecule has 0 bridgehead atoms. The quantitative estimate of drug-likeness (QED) is 0.919. The molecule has 1 amide bonds. The van der Waals surface area contributed by atoms with Crippen molar-refractivity contribution in [1.29, 1.82) is 0 Å². The molecular formula is C17H22ClFN2O2. The number of carbonyl (C=O) groups is 1. The van der Waals surface area contributed by atoms with Crippen LogP contribution >= 0.6 is 11.6 Å². The zero-order valence-corrected chi connectivity index (χ0v) is 14.0. The SMILES string of the molecule is CN(C(=O)c1ccc(F)c(Cl)c1)[C@@H]1CC[C@@H](N2CCCC2)[C@@H]1O. The molecule has 1 aliphatic carbocycles. The molecular weight excluding hydrogens is 319 g/mol. The van der Waals surface area contributed by atoms with Crippen molar-refractivity contribution in [2.75, 3.05) is 20.1 Å². The fourth-order valence-corrected chi connectivity index (χ4v) is 4.00. The number of hydrogen-bond acceptors (Lipinski definition) is 3. The smallest absolute Gasteiger partial charge is 0.253 e. The van der Waals surface area contributed by atoms with Crippen molar-refractivity contribution < 1.29 is 14.3 Å². The zero-order chi connectivity index (χ0) is 16.6. The Morgan fingerprint density at radius 1 is 1.35 bits per heavy atom. The van der Waals surface area contributed by atoms with E-state index >= 15 is 0 Å². The normalized spacial score (nSPS) is 28.3. The number of aliphatic hydroxyl groups excluding tert-OH is 1. The summed E-state index contributed by atoms with van der Waals surface area (Å²) < 4.78 is 13.2. The van der Waals surface area contributed by atoms with Crippen LogP contribution in [0.3, 0.4) is 0 Å². The highest BCUT2D eigenvalue weighted by Crippen LogP contribution is 2.31. The van der Waals surface area contributed by atoms with Gasteiger partial charge in [0.25, 0.3) is 5.91 Å². The van der Waals surface area contributed by atoms with Crippen molar-refractivity contribution in [3.05, 3.63) is 34.6 Å². The highest BCUT2D eigenvalue weighted by Gasteiger charge is 2.42. The third kappa shape index (κ3) is 3.23. The van der Waals surface area contributed by atoms with Crippen molar-refractivity contribution >= 4 is 17.5 Å². The molecule has 1 N–H and O–H groups in total. The van der Waals surface area contributed by atoms with Crippen LogP contribution in [0.5, 0.6) is 0 Å². The van der Waals surface area contributed by atoms with E-state index in [2.05, 4.69) is 4.90 Å². The van der Waals surface area contributed by atoms with Gasteiger partial charge in [0.05, 0.1) is 17.2 Å². The average molecular weight is 341 g/mol. The van der Waals surface area contributed by atoms with E-state index in [1.54, 1.807) is 11.9 Å². The largest absolute Gasteiger partial charge is 0.389 e. The highest BCUT2D eigenvalue weighted by molar-refractivity contribution is 6.31. The topological polar surface area (TPSA) is 43.8 Å². The summed E-state index contributed by atoms with van der Waals surface area (Å²) >= 11 is 5.76. The minimum absolute atomic E-state index is 0.0637. The van der Waals surface area contributed by atoms with E-state index in [1.165, 1.54) is 31.0 Å². The molecule has 3 atom stereocenters. The van der Waals surface area contributed by atoms with Crippen molar-refractivity contribution in [1.82, 2.24) is 9.80 Å². The van der Waals surface area contributed by atoms with Crippen LogP contribution in [0.1, 0.15) is 36.0 Å². The number of aliphatic hydroxyl groups is 1. The van der Waals surface area contributed by atoms with Crippen LogP contribution in [-0.2, 0) is 0 Å². The maximum absolute atomic E-state index is 13.2. The lowest BCUT2D eigenvalue weighted by Crippen LogP contribution is -2.48. The Morgan fingerprint density at radius 3 is 2.70 bits per heavy atom. The number of nitrogens with zero attached hydrogens (tertiary/aromatic N) is 2. The van der Waals surface area contributed by atoms with Crippen molar-refractivity contribution in [3.63, 3.8) is 0 Å². The minimum atomic E-state index is -0.544. The third-order valence-electron chi connectivity index (χ3n) is 5.14. The summed E-state index contributed by atoms with van der Waals surface area (Å²) in [4.78, 5) is 16.5. The lowest BCUT2D eigenvalue weighted by molar-refractivity contribution is 0.0296. The Labute approximate surface area is 140 Å². The van der Waals surface area contributed by atoms with Crippen LogP contribution in [0.4, 0.5) is 4.39 Å². The second-order valence-electron chi connectivity index (χ2n) is 6.49. The number of benzene rings is 1. The lowest BCUT2D eigenvalue weighted by Gasteiger charge is -2.32. The first-order chi connectivity index (χ1) is 11.0. The molecule has 6 heteroatoms. The van der Waals surface area contributed by atoms with E-state index in [0.717, 1.165) is 25.9 Å². The summed E-state index contributed by atoms with van der Waals surface area (Å²) in [6.45, 7) is 2.05. The molecule has 0 spiro atoms. The average Bonchev–Trinajstić information content (AvgIpc) is 3.18. The van der Waals surface area contributed by atoms with Crippen LogP contribution in [-0.4, -0.2) is 59.1 Å². The molecule has 1 saturated carbocycles. The maximum atomic E-state index is 13.2. The Hall–Kier alpha value is -1.17. The summed E-state index contributed by atoms with van der Waals surface area (Å²) in [7, 11) is 1.69. The van der Waals surface area contributed by atoms with Gasteiger partial charge < -0.3 is 10.0 Å². The molecule has 1 saturated heterocycles. The predicted octanol–water partition coefficient (Wildman–Crippen LogP) is 2.54. The monoisotopic (exact) mass is 340 g/mol. The van der Waals surface area contributed by atoms with Gasteiger partial charge in [-0.3, -0.25) is 9.69 Å². The molecule has 3 rings (SSSR count). The van der Waals surface area contributed by atoms with Gasteiger partial charge in [0.1, 0.15) is 5.82 Å². The van der Waals surface area contributed by atoms with Crippen LogP contribution in [0.15, 0.2) is 18.2 Å². The van der Waals surface area contributed by atoms with Gasteiger partial charge in [-0.15, -0.1) is 0 Å². The number of rotatable bonds is 3. The summed E-state index contributed by atoms with van der Waals surface area (Å²) in [6.07, 6.45) is 3.48. The van der Waals surface area contributed by atoms with Gasteiger partial charge in [0.2, 0.25) is 0 Å². The summed E-state index contributed by atoms with van der Waals surface area (Å²) in [5.74, 6) is -0.779. The van der Waals surface area contributed by atoms with Crippen LogP contribution in [0.2, 0.25) is 5.02 Å². The van der Waals surface area contributed by atoms with Crippen LogP contribution < -0.4 is 0 Å². The minimum Gasteiger partial charge on any atom is -0.389 e. The number of likely N-dealkylation sites (tertiary alicyclic amines) is 1.